The van der Waals surface area contributed by atoms with Gasteiger partial charge in [-0.25, -0.2) is 8.78 Å². The average Bonchev–Trinajstić information content (AvgIpc) is 2.16. The number of rotatable bonds is 4. The molecule has 0 radical (unpaired) electrons. The number of nitrogens with one attached hydrogen (secondary N) is 1. The molecule has 1 aromatic rings. The van der Waals surface area contributed by atoms with Crippen molar-refractivity contribution >= 4 is 11.6 Å². The molecule has 0 aromatic heterocycles. The number of unbranched alkanes of at least 4 members (excludes halogenated alkanes) is 1. The van der Waals surface area contributed by atoms with Gasteiger partial charge in [-0.1, -0.05) is 0 Å². The molecule has 1 N–H and O–H groups in total. The summed E-state index contributed by atoms with van der Waals surface area (Å²) in [5, 5.41) is 2.39. The van der Waals surface area contributed by atoms with Crippen molar-refractivity contribution in [1.82, 2.24) is 0 Å². The molecule has 0 bridgehead atoms. The van der Waals surface area contributed by atoms with Crippen LogP contribution in [0.5, 0.6) is 0 Å². The minimum Gasteiger partial charge on any atom is -0.326 e. The van der Waals surface area contributed by atoms with Crippen molar-refractivity contribution in [2.75, 3.05) is 5.32 Å². The topological polar surface area (TPSA) is 29.1 Å². The van der Waals surface area contributed by atoms with Gasteiger partial charge in [-0.2, -0.15) is 0 Å². The zero-order chi connectivity index (χ0) is 12.0. The maximum atomic E-state index is 12.8. The molecule has 4 heteroatoms. The maximum Gasteiger partial charge on any atom is 0.224 e. The first kappa shape index (κ1) is 12.2. The number of carbonyl (C=O) groups is 1. The van der Waals surface area contributed by atoms with Gasteiger partial charge < -0.3 is 5.32 Å². The molecule has 1 aromatic carbocycles. The highest BCUT2D eigenvalue weighted by atomic mass is 19.1. The number of amides is 1. The summed E-state index contributed by atoms with van der Waals surface area (Å²) < 4.78 is 25.5. The van der Waals surface area contributed by atoms with E-state index in [0.29, 0.717) is 12.8 Å². The molecular formula is C12H11F2NO. The monoisotopic (exact) mass is 223 g/mol. The zero-order valence-corrected chi connectivity index (χ0v) is 8.59. The molecule has 0 unspecified atom stereocenters. The van der Waals surface area contributed by atoms with Crippen molar-refractivity contribution in [2.24, 2.45) is 0 Å². The summed E-state index contributed by atoms with van der Waals surface area (Å²) in [7, 11) is 0. The van der Waals surface area contributed by atoms with Gasteiger partial charge in [-0.15, -0.1) is 12.3 Å². The number of benzene rings is 1. The van der Waals surface area contributed by atoms with Gasteiger partial charge in [0.15, 0.2) is 0 Å². The molecule has 1 amide bonds. The average molecular weight is 223 g/mol. The van der Waals surface area contributed by atoms with E-state index in [0.717, 1.165) is 18.2 Å². The van der Waals surface area contributed by atoms with E-state index in [4.69, 9.17) is 6.42 Å². The Hall–Kier alpha value is -1.89. The number of anilines is 1. The van der Waals surface area contributed by atoms with E-state index in [1.54, 1.807) is 0 Å². The number of terminal acetylenes is 1. The third-order valence-electron chi connectivity index (χ3n) is 1.87. The summed E-state index contributed by atoms with van der Waals surface area (Å²) >= 11 is 0. The van der Waals surface area contributed by atoms with E-state index in [-0.39, 0.29) is 18.0 Å². The highest BCUT2D eigenvalue weighted by Gasteiger charge is 2.04. The van der Waals surface area contributed by atoms with Gasteiger partial charge in [0, 0.05) is 24.6 Å². The lowest BCUT2D eigenvalue weighted by molar-refractivity contribution is -0.116. The lowest BCUT2D eigenvalue weighted by Gasteiger charge is -2.04. The largest absolute Gasteiger partial charge is 0.326 e. The quantitative estimate of drug-likeness (QED) is 0.617. The minimum absolute atomic E-state index is 0.114. The second kappa shape index (κ2) is 5.86. The molecule has 84 valence electrons. The first-order valence-electron chi connectivity index (χ1n) is 4.81. The van der Waals surface area contributed by atoms with E-state index < -0.39 is 11.6 Å². The Bertz CT molecular complexity index is 403. The van der Waals surface area contributed by atoms with Gasteiger partial charge in [0.1, 0.15) is 11.6 Å². The maximum absolute atomic E-state index is 12.8. The number of halogens is 2. The van der Waals surface area contributed by atoms with Crippen LogP contribution in [0, 0.1) is 24.0 Å². The van der Waals surface area contributed by atoms with Crippen molar-refractivity contribution in [1.29, 1.82) is 0 Å². The molecule has 0 saturated heterocycles. The van der Waals surface area contributed by atoms with Crippen molar-refractivity contribution in [3.63, 3.8) is 0 Å². The Morgan fingerprint density at radius 2 is 1.94 bits per heavy atom. The van der Waals surface area contributed by atoms with Crippen LogP contribution in [0.2, 0.25) is 0 Å². The fourth-order valence-corrected chi connectivity index (χ4v) is 1.20. The van der Waals surface area contributed by atoms with Crippen LogP contribution < -0.4 is 5.32 Å². The van der Waals surface area contributed by atoms with Crippen molar-refractivity contribution in [3.8, 4) is 12.3 Å². The highest BCUT2D eigenvalue weighted by Crippen LogP contribution is 2.13. The number of hydrogen-bond donors (Lipinski definition) is 1. The van der Waals surface area contributed by atoms with E-state index in [9.17, 15) is 13.6 Å². The van der Waals surface area contributed by atoms with Crippen LogP contribution in [0.4, 0.5) is 14.5 Å². The van der Waals surface area contributed by atoms with Gasteiger partial charge in [-0.3, -0.25) is 4.79 Å². The van der Waals surface area contributed by atoms with Crippen LogP contribution >= 0.6 is 0 Å². The summed E-state index contributed by atoms with van der Waals surface area (Å²) in [6.07, 6.45) is 6.33. The first-order valence-corrected chi connectivity index (χ1v) is 4.81. The Morgan fingerprint density at radius 1 is 1.31 bits per heavy atom. The zero-order valence-electron chi connectivity index (χ0n) is 8.59. The molecule has 0 atom stereocenters. The van der Waals surface area contributed by atoms with Crippen LogP contribution in [0.1, 0.15) is 19.3 Å². The second-order valence-corrected chi connectivity index (χ2v) is 3.26. The van der Waals surface area contributed by atoms with Gasteiger partial charge in [-0.05, 0) is 18.6 Å². The summed E-state index contributed by atoms with van der Waals surface area (Å²) in [6, 6.07) is 2.86. The van der Waals surface area contributed by atoms with E-state index in [1.807, 2.05) is 0 Å². The fraction of sp³-hybridized carbons (Fsp3) is 0.250. The molecule has 0 aliphatic rings. The Morgan fingerprint density at radius 3 is 2.50 bits per heavy atom. The second-order valence-electron chi connectivity index (χ2n) is 3.26. The van der Waals surface area contributed by atoms with Crippen LogP contribution in [0.25, 0.3) is 0 Å². The minimum atomic E-state index is -0.723. The Kier molecular flexibility index (Phi) is 4.46. The highest BCUT2D eigenvalue weighted by molar-refractivity contribution is 5.90. The predicted molar refractivity (Wildman–Crippen MR) is 57.7 cm³/mol. The van der Waals surface area contributed by atoms with E-state index in [2.05, 4.69) is 11.2 Å². The molecule has 0 spiro atoms. The summed E-state index contributed by atoms with van der Waals surface area (Å²) in [5.41, 5.74) is 0.114. The Balaban J connectivity index is 2.53. The number of hydrogen-bond acceptors (Lipinski definition) is 1. The van der Waals surface area contributed by atoms with Gasteiger partial charge in [0.05, 0.1) is 0 Å². The van der Waals surface area contributed by atoms with Crippen LogP contribution in [-0.2, 0) is 4.79 Å². The molecular weight excluding hydrogens is 212 g/mol. The molecule has 0 aliphatic carbocycles. The number of carbonyl (C=O) groups excluding carboxylic acids is 1. The predicted octanol–water partition coefficient (Wildman–Crippen LogP) is 2.71. The van der Waals surface area contributed by atoms with Crippen LogP contribution in [0.15, 0.2) is 18.2 Å². The third kappa shape index (κ3) is 4.09. The molecule has 1 rings (SSSR count). The summed E-state index contributed by atoms with van der Waals surface area (Å²) in [4.78, 5) is 11.3. The molecule has 0 fully saturated rings. The van der Waals surface area contributed by atoms with Crippen LogP contribution in [0.3, 0.4) is 0 Å². The summed E-state index contributed by atoms with van der Waals surface area (Å²) in [6.45, 7) is 0. The van der Waals surface area contributed by atoms with Gasteiger partial charge >= 0.3 is 0 Å². The normalized spacial score (nSPS) is 9.56. The smallest absolute Gasteiger partial charge is 0.224 e. The molecule has 16 heavy (non-hydrogen) atoms. The van der Waals surface area contributed by atoms with Gasteiger partial charge in [0.2, 0.25) is 5.91 Å². The standard InChI is InChI=1S/C12H11F2NO/c1-2-3-4-5-12(16)15-11-7-9(13)6-10(14)8-11/h1,6-8H,3-5H2,(H,15,16). The van der Waals surface area contributed by atoms with Crippen molar-refractivity contribution in [2.45, 2.75) is 19.3 Å². The lowest BCUT2D eigenvalue weighted by Crippen LogP contribution is -2.11. The van der Waals surface area contributed by atoms with E-state index in [1.165, 1.54) is 0 Å². The van der Waals surface area contributed by atoms with Crippen LogP contribution in [-0.4, -0.2) is 5.91 Å². The molecule has 2 nitrogen and oxygen atoms in total. The SMILES string of the molecule is C#CCCCC(=O)Nc1cc(F)cc(F)c1. The molecule has 0 saturated carbocycles. The van der Waals surface area contributed by atoms with E-state index >= 15 is 0 Å². The fourth-order valence-electron chi connectivity index (χ4n) is 1.20. The first-order chi connectivity index (χ1) is 7.61. The molecule has 0 heterocycles. The Labute approximate surface area is 92.7 Å². The van der Waals surface area contributed by atoms with Crippen molar-refractivity contribution in [3.05, 3.63) is 29.8 Å². The summed E-state index contributed by atoms with van der Waals surface area (Å²) in [5.74, 6) is 0.653. The molecule has 0 aliphatic heterocycles. The van der Waals surface area contributed by atoms with Gasteiger partial charge in [0.25, 0.3) is 0 Å². The lowest BCUT2D eigenvalue weighted by atomic mass is 10.2. The van der Waals surface area contributed by atoms with Crippen molar-refractivity contribution < 1.29 is 13.6 Å². The third-order valence-corrected chi connectivity index (χ3v) is 1.87.